The van der Waals surface area contributed by atoms with E-state index in [1.165, 1.54) is 28.6 Å². The van der Waals surface area contributed by atoms with Gasteiger partial charge in [-0.2, -0.15) is 9.57 Å². The van der Waals surface area contributed by atoms with Crippen LogP contribution < -0.4 is 10.6 Å². The lowest BCUT2D eigenvalue weighted by Crippen LogP contribution is -2.36. The summed E-state index contributed by atoms with van der Waals surface area (Å²) < 4.78 is 41.5. The predicted molar refractivity (Wildman–Crippen MR) is 126 cm³/mol. The van der Waals surface area contributed by atoms with Crippen molar-refractivity contribution in [2.45, 2.75) is 17.9 Å². The molecule has 1 heterocycles. The van der Waals surface area contributed by atoms with Gasteiger partial charge in [-0.05, 0) is 47.9 Å². The molecule has 0 radical (unpaired) electrons. The monoisotopic (exact) mass is 478 g/mol. The standard InChI is InChI=1S/C25H23FN4O3S/c26-23-9-4-10-24(22(23)16-27)28-12-13-29-25(31)19-7-3-8-21(15-19)34(32,33)30-14-11-18-5-1-2-6-20(18)17-30/h1-10,15,28H,11-14,17H2,(H,29,31). The van der Waals surface area contributed by atoms with Crippen LogP contribution in [0.1, 0.15) is 27.0 Å². The molecule has 174 valence electrons. The highest BCUT2D eigenvalue weighted by Gasteiger charge is 2.28. The van der Waals surface area contributed by atoms with E-state index in [0.29, 0.717) is 25.2 Å². The maximum atomic E-state index is 13.7. The van der Waals surface area contributed by atoms with E-state index in [4.69, 9.17) is 5.26 Å². The summed E-state index contributed by atoms with van der Waals surface area (Å²) >= 11 is 0. The molecular weight excluding hydrogens is 455 g/mol. The molecule has 34 heavy (non-hydrogen) atoms. The normalized spacial score (nSPS) is 13.5. The summed E-state index contributed by atoms with van der Waals surface area (Å²) in [6.07, 6.45) is 0.640. The summed E-state index contributed by atoms with van der Waals surface area (Å²) in [5, 5.41) is 14.7. The Hall–Kier alpha value is -3.74. The molecule has 0 unspecified atom stereocenters. The van der Waals surface area contributed by atoms with Gasteiger partial charge >= 0.3 is 0 Å². The first-order valence-electron chi connectivity index (χ1n) is 10.8. The van der Waals surface area contributed by atoms with Gasteiger partial charge in [-0.1, -0.05) is 36.4 Å². The summed E-state index contributed by atoms with van der Waals surface area (Å²) in [6.45, 7) is 1.13. The first-order valence-corrected chi connectivity index (χ1v) is 12.2. The lowest BCUT2D eigenvalue weighted by Gasteiger charge is -2.28. The third kappa shape index (κ3) is 4.93. The van der Waals surface area contributed by atoms with Crippen molar-refractivity contribution in [2.75, 3.05) is 25.0 Å². The van der Waals surface area contributed by atoms with Gasteiger partial charge in [0.05, 0.1) is 10.6 Å². The summed E-state index contributed by atoms with van der Waals surface area (Å²) in [6, 6.07) is 19.8. The number of amides is 1. The minimum Gasteiger partial charge on any atom is -0.382 e. The maximum absolute atomic E-state index is 13.7. The number of nitrogens with one attached hydrogen (secondary N) is 2. The fourth-order valence-corrected chi connectivity index (χ4v) is 5.35. The Bertz CT molecular complexity index is 1370. The third-order valence-corrected chi connectivity index (χ3v) is 7.52. The number of rotatable bonds is 7. The van der Waals surface area contributed by atoms with Crippen molar-refractivity contribution in [3.63, 3.8) is 0 Å². The number of carbonyl (C=O) groups excluding carboxylic acids is 1. The van der Waals surface area contributed by atoms with Crippen LogP contribution in [0.15, 0.2) is 71.6 Å². The Kier molecular flexibility index (Phi) is 6.91. The van der Waals surface area contributed by atoms with E-state index in [0.717, 1.165) is 11.1 Å². The lowest BCUT2D eigenvalue weighted by molar-refractivity contribution is 0.0955. The fourth-order valence-electron chi connectivity index (χ4n) is 3.88. The molecule has 2 N–H and O–H groups in total. The van der Waals surface area contributed by atoms with E-state index in [2.05, 4.69) is 10.6 Å². The lowest BCUT2D eigenvalue weighted by atomic mass is 10.0. The number of hydrogen-bond acceptors (Lipinski definition) is 5. The van der Waals surface area contributed by atoms with Gasteiger partial charge in [-0.25, -0.2) is 12.8 Å². The molecule has 7 nitrogen and oxygen atoms in total. The maximum Gasteiger partial charge on any atom is 0.251 e. The zero-order valence-electron chi connectivity index (χ0n) is 18.3. The second-order valence-electron chi connectivity index (χ2n) is 7.84. The topological polar surface area (TPSA) is 102 Å². The van der Waals surface area contributed by atoms with E-state index < -0.39 is 21.7 Å². The molecule has 0 bridgehead atoms. The van der Waals surface area contributed by atoms with Gasteiger partial charge in [-0.15, -0.1) is 0 Å². The Morgan fingerprint density at radius 3 is 2.59 bits per heavy atom. The molecule has 0 saturated carbocycles. The molecule has 3 aromatic carbocycles. The Morgan fingerprint density at radius 2 is 1.79 bits per heavy atom. The minimum absolute atomic E-state index is 0.0658. The summed E-state index contributed by atoms with van der Waals surface area (Å²) in [4.78, 5) is 12.7. The molecular formula is C25H23FN4O3S. The largest absolute Gasteiger partial charge is 0.382 e. The number of hydrogen-bond donors (Lipinski definition) is 2. The van der Waals surface area contributed by atoms with Crippen molar-refractivity contribution in [1.82, 2.24) is 9.62 Å². The zero-order chi connectivity index (χ0) is 24.1. The van der Waals surface area contributed by atoms with Crippen LogP contribution in [0.5, 0.6) is 0 Å². The van der Waals surface area contributed by atoms with E-state index in [-0.39, 0.29) is 29.1 Å². The summed E-state index contributed by atoms with van der Waals surface area (Å²) in [7, 11) is -3.76. The van der Waals surface area contributed by atoms with Crippen LogP contribution in [-0.2, 0) is 23.0 Å². The molecule has 0 aromatic heterocycles. The molecule has 9 heteroatoms. The SMILES string of the molecule is N#Cc1c(F)cccc1NCCNC(=O)c1cccc(S(=O)(=O)N2CCc3ccccc3C2)c1. The number of carbonyl (C=O) groups is 1. The molecule has 0 atom stereocenters. The van der Waals surface area contributed by atoms with Crippen LogP contribution in [0.3, 0.4) is 0 Å². The zero-order valence-corrected chi connectivity index (χ0v) is 19.1. The van der Waals surface area contributed by atoms with Gasteiger partial charge in [0.25, 0.3) is 5.91 Å². The third-order valence-electron chi connectivity index (χ3n) is 5.68. The highest BCUT2D eigenvalue weighted by Crippen LogP contribution is 2.25. The van der Waals surface area contributed by atoms with Crippen LogP contribution in [0.25, 0.3) is 0 Å². The first kappa shape index (κ1) is 23.4. The van der Waals surface area contributed by atoms with Gasteiger partial charge in [0.15, 0.2) is 0 Å². The van der Waals surface area contributed by atoms with Gasteiger partial charge in [0, 0.05) is 31.7 Å². The van der Waals surface area contributed by atoms with Crippen LogP contribution in [0, 0.1) is 17.1 Å². The van der Waals surface area contributed by atoms with Crippen molar-refractivity contribution in [1.29, 1.82) is 5.26 Å². The van der Waals surface area contributed by atoms with Crippen LogP contribution >= 0.6 is 0 Å². The quantitative estimate of drug-likeness (QED) is 0.508. The van der Waals surface area contributed by atoms with Crippen molar-refractivity contribution in [2.24, 2.45) is 0 Å². The number of anilines is 1. The van der Waals surface area contributed by atoms with Crippen molar-refractivity contribution >= 4 is 21.6 Å². The molecule has 0 spiro atoms. The number of fused-ring (bicyclic) bond motifs is 1. The van der Waals surface area contributed by atoms with Gasteiger partial charge in [0.2, 0.25) is 10.0 Å². The highest BCUT2D eigenvalue weighted by molar-refractivity contribution is 7.89. The second kappa shape index (κ2) is 10.0. The van der Waals surface area contributed by atoms with Crippen molar-refractivity contribution < 1.29 is 17.6 Å². The predicted octanol–water partition coefficient (Wildman–Crippen LogP) is 3.29. The molecule has 4 rings (SSSR count). The van der Waals surface area contributed by atoms with Crippen molar-refractivity contribution in [3.8, 4) is 6.07 Å². The highest BCUT2D eigenvalue weighted by atomic mass is 32.2. The average molecular weight is 479 g/mol. The Labute approximate surface area is 197 Å². The Balaban J connectivity index is 1.39. The van der Waals surface area contributed by atoms with E-state index in [9.17, 15) is 17.6 Å². The Morgan fingerprint density at radius 1 is 1.03 bits per heavy atom. The number of benzene rings is 3. The number of nitriles is 1. The summed E-state index contributed by atoms with van der Waals surface area (Å²) in [5.74, 6) is -1.05. The summed E-state index contributed by atoms with van der Waals surface area (Å²) in [5.41, 5.74) is 2.61. The van der Waals surface area contributed by atoms with Gasteiger partial charge in [-0.3, -0.25) is 4.79 Å². The van der Waals surface area contributed by atoms with E-state index in [1.54, 1.807) is 24.3 Å². The molecule has 1 aliphatic heterocycles. The fraction of sp³-hybridized carbons (Fsp3) is 0.200. The molecule has 0 fully saturated rings. The number of halogens is 1. The van der Waals surface area contributed by atoms with Gasteiger partial charge in [0.1, 0.15) is 17.4 Å². The smallest absolute Gasteiger partial charge is 0.251 e. The van der Waals surface area contributed by atoms with Crippen LogP contribution in [-0.4, -0.2) is 38.3 Å². The molecule has 1 amide bonds. The van der Waals surface area contributed by atoms with Gasteiger partial charge < -0.3 is 10.6 Å². The molecule has 3 aromatic rings. The van der Waals surface area contributed by atoms with Crippen LogP contribution in [0.2, 0.25) is 0 Å². The van der Waals surface area contributed by atoms with E-state index in [1.807, 2.05) is 24.3 Å². The van der Waals surface area contributed by atoms with Crippen molar-refractivity contribution in [3.05, 3.63) is 94.8 Å². The second-order valence-corrected chi connectivity index (χ2v) is 9.78. The van der Waals surface area contributed by atoms with E-state index >= 15 is 0 Å². The minimum atomic E-state index is -3.76. The molecule has 1 aliphatic rings. The average Bonchev–Trinajstić information content (AvgIpc) is 2.86. The van der Waals surface area contributed by atoms with Crippen LogP contribution in [0.4, 0.5) is 10.1 Å². The molecule has 0 aliphatic carbocycles. The number of nitrogens with zero attached hydrogens (tertiary/aromatic N) is 2. The first-order chi connectivity index (χ1) is 16.4. The molecule has 0 saturated heterocycles. The number of sulfonamides is 1.